The molecule has 0 aliphatic carbocycles. The van der Waals surface area contributed by atoms with Crippen LogP contribution < -0.4 is 5.32 Å². The molecule has 126 valence electrons. The lowest BCUT2D eigenvalue weighted by Crippen LogP contribution is -2.45. The Morgan fingerprint density at radius 1 is 1.26 bits per heavy atom. The summed E-state index contributed by atoms with van der Waals surface area (Å²) in [6.45, 7) is 9.42. The van der Waals surface area contributed by atoms with Crippen molar-refractivity contribution in [2.45, 2.75) is 59.2 Å². The van der Waals surface area contributed by atoms with E-state index in [0.717, 1.165) is 49.2 Å². The third-order valence-corrected chi connectivity index (χ3v) is 4.30. The molecule has 2 aromatic rings. The second kappa shape index (κ2) is 7.23. The summed E-state index contributed by atoms with van der Waals surface area (Å²) in [7, 11) is 0. The molecule has 3 rings (SSSR count). The summed E-state index contributed by atoms with van der Waals surface area (Å²) in [6.07, 6.45) is 3.12. The van der Waals surface area contributed by atoms with E-state index in [9.17, 15) is 0 Å². The minimum atomic E-state index is 0.439. The molecule has 1 saturated heterocycles. The Balaban J connectivity index is 1.49. The molecule has 1 aliphatic rings. The van der Waals surface area contributed by atoms with E-state index in [0.29, 0.717) is 18.5 Å². The minimum Gasteiger partial charge on any atom is -0.444 e. The molecule has 23 heavy (non-hydrogen) atoms. The predicted octanol–water partition coefficient (Wildman–Crippen LogP) is 1.99. The Labute approximate surface area is 136 Å². The van der Waals surface area contributed by atoms with Gasteiger partial charge in [-0.05, 0) is 33.2 Å². The summed E-state index contributed by atoms with van der Waals surface area (Å²) in [6, 6.07) is 0.439. The highest BCUT2D eigenvalue weighted by molar-refractivity contribution is 5.05. The average molecular weight is 319 g/mol. The van der Waals surface area contributed by atoms with Crippen molar-refractivity contribution >= 4 is 0 Å². The minimum absolute atomic E-state index is 0.439. The fourth-order valence-corrected chi connectivity index (χ4v) is 2.91. The molecule has 3 heterocycles. The van der Waals surface area contributed by atoms with Crippen LogP contribution in [0.4, 0.5) is 0 Å². The normalized spacial score (nSPS) is 19.3. The number of hydrogen-bond acceptors (Lipinski definition) is 7. The molecule has 0 bridgehead atoms. The van der Waals surface area contributed by atoms with Crippen LogP contribution in [0.25, 0.3) is 0 Å². The molecule has 1 atom stereocenters. The van der Waals surface area contributed by atoms with E-state index in [1.54, 1.807) is 0 Å². The van der Waals surface area contributed by atoms with Gasteiger partial charge in [0, 0.05) is 19.0 Å². The smallest absolute Gasteiger partial charge is 0.226 e. The van der Waals surface area contributed by atoms with Crippen LogP contribution in [-0.2, 0) is 19.5 Å². The number of likely N-dealkylation sites (tertiary alicyclic amines) is 1. The fourth-order valence-electron chi connectivity index (χ4n) is 2.91. The molecule has 0 spiro atoms. The van der Waals surface area contributed by atoms with Gasteiger partial charge >= 0.3 is 0 Å². The van der Waals surface area contributed by atoms with E-state index in [4.69, 9.17) is 8.94 Å². The van der Waals surface area contributed by atoms with Gasteiger partial charge in [0.1, 0.15) is 5.76 Å². The quantitative estimate of drug-likeness (QED) is 0.872. The summed E-state index contributed by atoms with van der Waals surface area (Å²) in [5.74, 6) is 3.15. The first kappa shape index (κ1) is 16.1. The molecule has 0 radical (unpaired) electrons. The monoisotopic (exact) mass is 319 g/mol. The number of hydrogen-bond donors (Lipinski definition) is 1. The van der Waals surface area contributed by atoms with Crippen LogP contribution in [0, 0.1) is 13.8 Å². The Kier molecular flexibility index (Phi) is 5.07. The maximum atomic E-state index is 5.62. The molecule has 1 N–H and O–H groups in total. The SMILES string of the molecule is CCc1nc(CN2CCC[C@H](NCc3nc(C)c(C)o3)C2)no1. The van der Waals surface area contributed by atoms with Crippen molar-refractivity contribution in [3.05, 3.63) is 29.1 Å². The van der Waals surface area contributed by atoms with Crippen LogP contribution in [0.5, 0.6) is 0 Å². The molecular formula is C16H25N5O2. The van der Waals surface area contributed by atoms with E-state index in [1.807, 2.05) is 20.8 Å². The van der Waals surface area contributed by atoms with E-state index < -0.39 is 0 Å². The highest BCUT2D eigenvalue weighted by Crippen LogP contribution is 2.14. The number of nitrogens with one attached hydrogen (secondary N) is 1. The lowest BCUT2D eigenvalue weighted by atomic mass is 10.1. The van der Waals surface area contributed by atoms with Gasteiger partial charge in [-0.1, -0.05) is 12.1 Å². The molecule has 2 aromatic heterocycles. The van der Waals surface area contributed by atoms with Crippen LogP contribution in [0.1, 0.15) is 48.8 Å². The molecule has 7 heteroatoms. The lowest BCUT2D eigenvalue weighted by Gasteiger charge is -2.32. The zero-order valence-electron chi connectivity index (χ0n) is 14.1. The number of piperidine rings is 1. The maximum absolute atomic E-state index is 5.62. The first-order valence-corrected chi connectivity index (χ1v) is 8.34. The zero-order valence-corrected chi connectivity index (χ0v) is 14.1. The molecule has 0 saturated carbocycles. The van der Waals surface area contributed by atoms with Gasteiger partial charge in [0.2, 0.25) is 11.8 Å². The van der Waals surface area contributed by atoms with Gasteiger partial charge in [-0.2, -0.15) is 4.98 Å². The summed E-state index contributed by atoms with van der Waals surface area (Å²) < 4.78 is 10.8. The van der Waals surface area contributed by atoms with Gasteiger partial charge in [0.05, 0.1) is 18.8 Å². The predicted molar refractivity (Wildman–Crippen MR) is 84.8 cm³/mol. The number of aromatic nitrogens is 3. The van der Waals surface area contributed by atoms with Crippen molar-refractivity contribution in [3.8, 4) is 0 Å². The Morgan fingerprint density at radius 3 is 2.83 bits per heavy atom. The van der Waals surface area contributed by atoms with Gasteiger partial charge in [-0.15, -0.1) is 0 Å². The zero-order chi connectivity index (χ0) is 16.2. The van der Waals surface area contributed by atoms with Crippen LogP contribution >= 0.6 is 0 Å². The summed E-state index contributed by atoms with van der Waals surface area (Å²) in [4.78, 5) is 11.2. The van der Waals surface area contributed by atoms with Crippen molar-refractivity contribution < 1.29 is 8.94 Å². The average Bonchev–Trinajstić information content (AvgIpc) is 3.12. The van der Waals surface area contributed by atoms with Crippen molar-refractivity contribution in [3.63, 3.8) is 0 Å². The largest absolute Gasteiger partial charge is 0.444 e. The summed E-state index contributed by atoms with van der Waals surface area (Å²) >= 11 is 0. The molecule has 0 aromatic carbocycles. The van der Waals surface area contributed by atoms with Crippen molar-refractivity contribution in [1.82, 2.24) is 25.3 Å². The highest BCUT2D eigenvalue weighted by Gasteiger charge is 2.21. The van der Waals surface area contributed by atoms with Gasteiger partial charge in [-0.3, -0.25) is 4.90 Å². The van der Waals surface area contributed by atoms with Crippen molar-refractivity contribution in [2.75, 3.05) is 13.1 Å². The highest BCUT2D eigenvalue weighted by atomic mass is 16.5. The first-order valence-electron chi connectivity index (χ1n) is 8.34. The lowest BCUT2D eigenvalue weighted by molar-refractivity contribution is 0.175. The second-order valence-electron chi connectivity index (χ2n) is 6.16. The molecule has 1 fully saturated rings. The standard InChI is InChI=1S/C16H25N5O2/c1-4-15-19-14(20-23-15)10-21-7-5-6-13(9-21)17-8-16-18-11(2)12(3)22-16/h13,17H,4-10H2,1-3H3/t13-/m0/s1. The van der Waals surface area contributed by atoms with Gasteiger partial charge in [0.25, 0.3) is 0 Å². The van der Waals surface area contributed by atoms with E-state index >= 15 is 0 Å². The van der Waals surface area contributed by atoms with Crippen LogP contribution in [0.3, 0.4) is 0 Å². The Bertz CT molecular complexity index is 617. The van der Waals surface area contributed by atoms with Crippen molar-refractivity contribution in [2.24, 2.45) is 0 Å². The van der Waals surface area contributed by atoms with Gasteiger partial charge in [-0.25, -0.2) is 4.98 Å². The van der Waals surface area contributed by atoms with E-state index in [-0.39, 0.29) is 0 Å². The Morgan fingerprint density at radius 2 is 2.13 bits per heavy atom. The number of oxazole rings is 1. The molecule has 0 amide bonds. The Hall–Kier alpha value is -1.73. The number of aryl methyl sites for hydroxylation is 3. The topological polar surface area (TPSA) is 80.2 Å². The van der Waals surface area contributed by atoms with Gasteiger partial charge in [0.15, 0.2) is 5.82 Å². The summed E-state index contributed by atoms with van der Waals surface area (Å²) in [5, 5.41) is 7.59. The fraction of sp³-hybridized carbons (Fsp3) is 0.688. The molecule has 0 unspecified atom stereocenters. The third kappa shape index (κ3) is 4.17. The number of rotatable bonds is 6. The van der Waals surface area contributed by atoms with Crippen LogP contribution in [0.2, 0.25) is 0 Å². The molecular weight excluding hydrogens is 294 g/mol. The van der Waals surface area contributed by atoms with E-state index in [2.05, 4.69) is 25.3 Å². The third-order valence-electron chi connectivity index (χ3n) is 4.30. The first-order chi connectivity index (χ1) is 11.1. The second-order valence-corrected chi connectivity index (χ2v) is 6.16. The molecule has 7 nitrogen and oxygen atoms in total. The van der Waals surface area contributed by atoms with E-state index in [1.165, 1.54) is 12.8 Å². The summed E-state index contributed by atoms with van der Waals surface area (Å²) in [5.41, 5.74) is 0.968. The maximum Gasteiger partial charge on any atom is 0.226 e. The van der Waals surface area contributed by atoms with Crippen LogP contribution in [-0.4, -0.2) is 39.2 Å². The van der Waals surface area contributed by atoms with Crippen molar-refractivity contribution in [1.29, 1.82) is 0 Å². The molecule has 1 aliphatic heterocycles. The van der Waals surface area contributed by atoms with Crippen LogP contribution in [0.15, 0.2) is 8.94 Å². The van der Waals surface area contributed by atoms with Gasteiger partial charge < -0.3 is 14.3 Å². The number of nitrogens with zero attached hydrogens (tertiary/aromatic N) is 4.